The number of fused-ring (bicyclic) bond motifs is 1. The summed E-state index contributed by atoms with van der Waals surface area (Å²) in [5, 5.41) is 10.8. The Labute approximate surface area is 174 Å². The number of ether oxygens (including phenoxy) is 1. The fourth-order valence-corrected chi connectivity index (χ4v) is 3.07. The van der Waals surface area contributed by atoms with Crippen molar-refractivity contribution in [3.05, 3.63) is 75.3 Å². The van der Waals surface area contributed by atoms with E-state index in [4.69, 9.17) is 10.3 Å². The highest BCUT2D eigenvalue weighted by Gasteiger charge is 2.43. The summed E-state index contributed by atoms with van der Waals surface area (Å²) in [6.07, 6.45) is 0.0563. The van der Waals surface area contributed by atoms with Crippen LogP contribution in [0.15, 0.2) is 48.5 Å². The summed E-state index contributed by atoms with van der Waals surface area (Å²) in [5.74, 6) is -3.10. The normalized spacial score (nSPS) is 13.2. The van der Waals surface area contributed by atoms with Crippen LogP contribution in [-0.4, -0.2) is 50.4 Å². The number of amides is 2. The molecule has 2 aromatic carbocycles. The van der Waals surface area contributed by atoms with Crippen molar-refractivity contribution < 1.29 is 33.6 Å². The van der Waals surface area contributed by atoms with Gasteiger partial charge in [0.2, 0.25) is 5.78 Å². The number of hydrogen-bond acceptors (Lipinski definition) is 7. The van der Waals surface area contributed by atoms with Crippen molar-refractivity contribution in [3.8, 4) is 5.75 Å². The van der Waals surface area contributed by atoms with Gasteiger partial charge < -0.3 is 10.3 Å². The summed E-state index contributed by atoms with van der Waals surface area (Å²) >= 11 is 0. The van der Waals surface area contributed by atoms with E-state index in [-0.39, 0.29) is 35.4 Å². The molecule has 31 heavy (non-hydrogen) atoms. The summed E-state index contributed by atoms with van der Waals surface area (Å²) in [6, 6.07) is 9.21. The fourth-order valence-electron chi connectivity index (χ4n) is 3.07. The molecule has 0 radical (unpaired) electrons. The first-order valence-electron chi connectivity index (χ1n) is 8.96. The molecule has 1 unspecified atom stereocenters. The van der Waals surface area contributed by atoms with Gasteiger partial charge in [0, 0.05) is 18.6 Å². The van der Waals surface area contributed by atoms with Gasteiger partial charge in [-0.2, -0.15) is 4.79 Å². The minimum absolute atomic E-state index is 0.0412. The lowest BCUT2D eigenvalue weighted by Crippen LogP contribution is -2.47. The van der Waals surface area contributed by atoms with E-state index in [0.29, 0.717) is 6.21 Å². The van der Waals surface area contributed by atoms with Crippen LogP contribution in [0.4, 0.5) is 5.69 Å². The smallest absolute Gasteiger partial charge is 0.334 e. The maximum absolute atomic E-state index is 12.8. The van der Waals surface area contributed by atoms with Gasteiger partial charge in [-0.1, -0.05) is 12.1 Å². The Morgan fingerprint density at radius 1 is 1.10 bits per heavy atom. The lowest BCUT2D eigenvalue weighted by atomic mass is 10.1. The second-order valence-corrected chi connectivity index (χ2v) is 6.46. The Balaban J connectivity index is 1.87. The first kappa shape index (κ1) is 21.2. The number of benzene rings is 2. The number of hydrogen-bond donors (Lipinski definition) is 0. The predicted molar refractivity (Wildman–Crippen MR) is 103 cm³/mol. The van der Waals surface area contributed by atoms with E-state index < -0.39 is 34.5 Å². The summed E-state index contributed by atoms with van der Waals surface area (Å²) in [6.45, 7) is 0. The zero-order chi connectivity index (χ0) is 22.5. The Morgan fingerprint density at radius 2 is 1.68 bits per heavy atom. The second kappa shape index (κ2) is 8.89. The van der Waals surface area contributed by atoms with E-state index >= 15 is 0 Å². The van der Waals surface area contributed by atoms with Crippen molar-refractivity contribution in [1.29, 1.82) is 0 Å². The third kappa shape index (κ3) is 4.41. The highest BCUT2D eigenvalue weighted by atomic mass is 16.6. The van der Waals surface area contributed by atoms with Crippen LogP contribution in [0.1, 0.15) is 33.6 Å². The van der Waals surface area contributed by atoms with Gasteiger partial charge in [-0.25, -0.2) is 4.79 Å². The van der Waals surface area contributed by atoms with E-state index in [9.17, 15) is 29.3 Å². The van der Waals surface area contributed by atoms with Gasteiger partial charge >= 0.3 is 12.2 Å². The van der Waals surface area contributed by atoms with Crippen LogP contribution >= 0.6 is 0 Å². The highest BCUT2D eigenvalue weighted by Crippen LogP contribution is 2.27. The van der Waals surface area contributed by atoms with Crippen LogP contribution in [0.25, 0.3) is 5.53 Å². The molecular weight excluding hydrogens is 408 g/mol. The van der Waals surface area contributed by atoms with Crippen molar-refractivity contribution in [2.45, 2.75) is 18.9 Å². The summed E-state index contributed by atoms with van der Waals surface area (Å²) in [5.41, 5.74) is 8.48. The molecule has 1 atom stereocenters. The topological polar surface area (TPSA) is 160 Å². The molecule has 2 aromatic rings. The van der Waals surface area contributed by atoms with Crippen LogP contribution in [0.2, 0.25) is 0 Å². The lowest BCUT2D eigenvalue weighted by molar-refractivity contribution is -0.384. The maximum atomic E-state index is 12.8. The van der Waals surface area contributed by atoms with Gasteiger partial charge in [-0.15, -0.1) is 0 Å². The Bertz CT molecular complexity index is 1100. The molecule has 0 fully saturated rings. The standard InChI is InChI=1S/C20H14N4O7/c21-22-11-13(25)7-10-17(20(28)31-14-8-5-12(6-9-14)24(29)30)23-18(26)15-3-1-2-4-16(15)19(23)27/h1-6,8-9,11,17H,7,10H2. The molecule has 0 aromatic heterocycles. The van der Waals surface area contributed by atoms with E-state index in [1.165, 1.54) is 24.3 Å². The number of imide groups is 1. The molecule has 11 heteroatoms. The molecule has 0 bridgehead atoms. The summed E-state index contributed by atoms with van der Waals surface area (Å²) < 4.78 is 5.21. The fraction of sp³-hybridized carbons (Fsp3) is 0.150. The third-order valence-corrected chi connectivity index (χ3v) is 4.54. The van der Waals surface area contributed by atoms with Crippen molar-refractivity contribution in [1.82, 2.24) is 4.90 Å². The number of nitro groups is 1. The monoisotopic (exact) mass is 422 g/mol. The molecule has 1 heterocycles. The summed E-state index contributed by atoms with van der Waals surface area (Å²) in [7, 11) is 0. The van der Waals surface area contributed by atoms with Crippen LogP contribution in [0.3, 0.4) is 0 Å². The number of carbonyl (C=O) groups is 4. The molecule has 3 rings (SSSR count). The van der Waals surface area contributed by atoms with Gasteiger partial charge in [0.15, 0.2) is 0 Å². The van der Waals surface area contributed by atoms with Crippen LogP contribution in [0, 0.1) is 10.1 Å². The van der Waals surface area contributed by atoms with Crippen molar-refractivity contribution in [2.24, 2.45) is 0 Å². The van der Waals surface area contributed by atoms with Gasteiger partial charge in [-0.05, 0) is 30.7 Å². The van der Waals surface area contributed by atoms with Crippen molar-refractivity contribution in [3.63, 3.8) is 0 Å². The molecule has 1 aliphatic rings. The Hall–Kier alpha value is -4.50. The van der Waals surface area contributed by atoms with Crippen molar-refractivity contribution in [2.75, 3.05) is 0 Å². The molecule has 0 aliphatic carbocycles. The predicted octanol–water partition coefficient (Wildman–Crippen LogP) is 1.81. The largest absolute Gasteiger partial charge is 0.425 e. The number of carbonyl (C=O) groups excluding carboxylic acids is 4. The summed E-state index contributed by atoms with van der Waals surface area (Å²) in [4.78, 5) is 63.6. The van der Waals surface area contributed by atoms with E-state index in [1.54, 1.807) is 12.1 Å². The van der Waals surface area contributed by atoms with Gasteiger partial charge in [0.05, 0.1) is 16.1 Å². The van der Waals surface area contributed by atoms with Crippen LogP contribution in [0.5, 0.6) is 5.75 Å². The van der Waals surface area contributed by atoms with Crippen LogP contribution in [-0.2, 0) is 9.59 Å². The van der Waals surface area contributed by atoms with Gasteiger partial charge in [-0.3, -0.25) is 29.4 Å². The Morgan fingerprint density at radius 3 is 2.19 bits per heavy atom. The van der Waals surface area contributed by atoms with Gasteiger partial charge in [0.1, 0.15) is 11.8 Å². The molecule has 156 valence electrons. The molecular formula is C20H14N4O7. The first-order valence-corrected chi connectivity index (χ1v) is 8.96. The molecule has 0 spiro atoms. The van der Waals surface area contributed by atoms with E-state index in [0.717, 1.165) is 17.0 Å². The quantitative estimate of drug-likeness (QED) is 0.0916. The van der Waals surface area contributed by atoms with Crippen LogP contribution < -0.4 is 4.74 Å². The number of nitro benzene ring substituents is 1. The maximum Gasteiger partial charge on any atom is 0.334 e. The number of nitrogens with zero attached hydrogens (tertiary/aromatic N) is 4. The average molecular weight is 422 g/mol. The third-order valence-electron chi connectivity index (χ3n) is 4.54. The SMILES string of the molecule is [N-]=[N+]=CC(=O)CCC(C(=O)Oc1ccc([N+](=O)[O-])cc1)N1C(=O)c2ccccc2C1=O. The number of esters is 1. The highest BCUT2D eigenvalue weighted by molar-refractivity contribution is 6.25. The number of non-ortho nitro benzene ring substituents is 1. The number of rotatable bonds is 8. The van der Waals surface area contributed by atoms with E-state index in [1.807, 2.05) is 0 Å². The van der Waals surface area contributed by atoms with Gasteiger partial charge in [0.25, 0.3) is 17.5 Å². The lowest BCUT2D eigenvalue weighted by Gasteiger charge is -2.24. The average Bonchev–Trinajstić information content (AvgIpc) is 3.00. The zero-order valence-corrected chi connectivity index (χ0v) is 15.8. The molecule has 0 saturated carbocycles. The number of Topliss-reactive ketones (excluding diaryl/α,β-unsaturated/α-hetero) is 1. The minimum Gasteiger partial charge on any atom is -0.425 e. The first-order chi connectivity index (χ1) is 14.8. The van der Waals surface area contributed by atoms with Crippen molar-refractivity contribution >= 4 is 35.5 Å². The molecule has 0 saturated heterocycles. The molecule has 2 amide bonds. The second-order valence-electron chi connectivity index (χ2n) is 6.46. The molecule has 11 nitrogen and oxygen atoms in total. The number of ketones is 1. The zero-order valence-electron chi connectivity index (χ0n) is 15.8. The van der Waals surface area contributed by atoms with E-state index in [2.05, 4.69) is 4.79 Å². The minimum atomic E-state index is -1.45. The molecule has 1 aliphatic heterocycles. The Kier molecular flexibility index (Phi) is 6.08. The molecule has 0 N–H and O–H groups in total.